The Morgan fingerprint density at radius 3 is 3.06 bits per heavy atom. The second-order valence-electron chi connectivity index (χ2n) is 4.11. The number of terminal acetylenes is 1. The minimum absolute atomic E-state index is 0.392. The first-order valence-electron chi connectivity index (χ1n) is 5.85. The van der Waals surface area contributed by atoms with Gasteiger partial charge in [0.15, 0.2) is 0 Å². The molecule has 1 aromatic carbocycles. The van der Waals surface area contributed by atoms with Crippen LogP contribution in [0.5, 0.6) is 0 Å². The second kappa shape index (κ2) is 5.51. The lowest BCUT2D eigenvalue weighted by molar-refractivity contribution is 0.464. The number of nitrogens with zero attached hydrogens (tertiary/aromatic N) is 2. The maximum absolute atomic E-state index is 5.30. The fourth-order valence-corrected chi connectivity index (χ4v) is 1.98. The Kier molecular flexibility index (Phi) is 3.79. The summed E-state index contributed by atoms with van der Waals surface area (Å²) in [4.78, 5) is 4.38. The van der Waals surface area contributed by atoms with Crippen molar-refractivity contribution in [1.82, 2.24) is 14.9 Å². The van der Waals surface area contributed by atoms with Crippen LogP contribution < -0.4 is 5.32 Å². The molecule has 1 aromatic heterocycles. The van der Waals surface area contributed by atoms with Crippen molar-refractivity contribution in [3.63, 3.8) is 0 Å². The zero-order valence-corrected chi connectivity index (χ0v) is 10.1. The van der Waals surface area contributed by atoms with Crippen LogP contribution in [-0.4, -0.2) is 22.6 Å². The molecule has 1 heterocycles. The van der Waals surface area contributed by atoms with E-state index in [-0.39, 0.29) is 0 Å². The number of benzene rings is 1. The van der Waals surface area contributed by atoms with Crippen LogP contribution >= 0.6 is 0 Å². The molecule has 1 unspecified atom stereocenters. The molecule has 3 nitrogen and oxygen atoms in total. The minimum Gasteiger partial charge on any atom is -0.329 e. The van der Waals surface area contributed by atoms with Gasteiger partial charge in [-0.15, -0.1) is 12.3 Å². The third-order valence-electron chi connectivity index (χ3n) is 2.99. The van der Waals surface area contributed by atoms with E-state index < -0.39 is 0 Å². The smallest absolute Gasteiger partial charge is 0.0958 e. The quantitative estimate of drug-likeness (QED) is 0.792. The van der Waals surface area contributed by atoms with E-state index >= 15 is 0 Å². The molecule has 0 saturated carbocycles. The van der Waals surface area contributed by atoms with Crippen LogP contribution in [0.1, 0.15) is 12.8 Å². The number of fused-ring (bicyclic) bond motifs is 1. The molecular formula is C14H17N3. The number of rotatable bonds is 5. The molecule has 88 valence electrons. The highest BCUT2D eigenvalue weighted by Gasteiger charge is 2.08. The van der Waals surface area contributed by atoms with E-state index in [9.17, 15) is 0 Å². The molecular weight excluding hydrogens is 210 g/mol. The van der Waals surface area contributed by atoms with E-state index in [0.29, 0.717) is 6.04 Å². The average molecular weight is 227 g/mol. The zero-order chi connectivity index (χ0) is 12.1. The Labute approximate surface area is 102 Å². The highest BCUT2D eigenvalue weighted by molar-refractivity contribution is 5.74. The van der Waals surface area contributed by atoms with Crippen molar-refractivity contribution < 1.29 is 0 Å². The lowest BCUT2D eigenvalue weighted by atomic mass is 10.1. The van der Waals surface area contributed by atoms with Gasteiger partial charge in [0.25, 0.3) is 0 Å². The summed E-state index contributed by atoms with van der Waals surface area (Å²) >= 11 is 0. The summed E-state index contributed by atoms with van der Waals surface area (Å²) in [6, 6.07) is 8.56. The summed E-state index contributed by atoms with van der Waals surface area (Å²) in [5.41, 5.74) is 2.22. The molecule has 0 aliphatic heterocycles. The molecule has 0 aliphatic rings. The number of imidazole rings is 1. The van der Waals surface area contributed by atoms with E-state index in [2.05, 4.69) is 26.9 Å². The summed E-state index contributed by atoms with van der Waals surface area (Å²) in [7, 11) is 1.97. The Bertz CT molecular complexity index is 521. The van der Waals surface area contributed by atoms with Gasteiger partial charge in [0.2, 0.25) is 0 Å². The van der Waals surface area contributed by atoms with Gasteiger partial charge in [-0.1, -0.05) is 12.1 Å². The average Bonchev–Trinajstić information content (AvgIpc) is 2.78. The Morgan fingerprint density at radius 1 is 1.47 bits per heavy atom. The number of para-hydroxylation sites is 2. The fourth-order valence-electron chi connectivity index (χ4n) is 1.98. The molecule has 0 saturated heterocycles. The maximum atomic E-state index is 5.30. The van der Waals surface area contributed by atoms with Gasteiger partial charge in [-0.3, -0.25) is 0 Å². The molecule has 0 radical (unpaired) electrons. The van der Waals surface area contributed by atoms with Crippen molar-refractivity contribution in [2.75, 3.05) is 7.05 Å². The lowest BCUT2D eigenvalue weighted by Crippen LogP contribution is -2.29. The number of hydrogen-bond donors (Lipinski definition) is 1. The van der Waals surface area contributed by atoms with Gasteiger partial charge in [-0.2, -0.15) is 0 Å². The molecule has 2 rings (SSSR count). The SMILES string of the molecule is C#CCCC(Cn1cnc2ccccc21)NC. The van der Waals surface area contributed by atoms with Gasteiger partial charge in [0, 0.05) is 19.0 Å². The molecule has 1 N–H and O–H groups in total. The van der Waals surface area contributed by atoms with Crippen LogP contribution in [0.25, 0.3) is 11.0 Å². The lowest BCUT2D eigenvalue weighted by Gasteiger charge is -2.15. The van der Waals surface area contributed by atoms with E-state index in [1.54, 1.807) is 0 Å². The van der Waals surface area contributed by atoms with Crippen molar-refractivity contribution in [2.24, 2.45) is 0 Å². The van der Waals surface area contributed by atoms with Gasteiger partial charge >= 0.3 is 0 Å². The minimum atomic E-state index is 0.392. The predicted octanol–water partition coefficient (Wildman–Crippen LogP) is 2.04. The molecule has 0 bridgehead atoms. The van der Waals surface area contributed by atoms with Crippen LogP contribution in [0.3, 0.4) is 0 Å². The van der Waals surface area contributed by atoms with E-state index in [1.807, 2.05) is 31.6 Å². The molecule has 0 amide bonds. The first-order chi connectivity index (χ1) is 8.35. The Hall–Kier alpha value is -1.79. The van der Waals surface area contributed by atoms with Crippen molar-refractivity contribution >= 4 is 11.0 Å². The first kappa shape index (κ1) is 11.7. The predicted molar refractivity (Wildman–Crippen MR) is 70.6 cm³/mol. The normalized spacial score (nSPS) is 12.5. The summed E-state index contributed by atoms with van der Waals surface area (Å²) in [6.07, 6.45) is 8.98. The molecule has 17 heavy (non-hydrogen) atoms. The van der Waals surface area contributed by atoms with Crippen molar-refractivity contribution in [3.05, 3.63) is 30.6 Å². The van der Waals surface area contributed by atoms with Crippen molar-refractivity contribution in [3.8, 4) is 12.3 Å². The van der Waals surface area contributed by atoms with Gasteiger partial charge in [-0.05, 0) is 25.6 Å². The third kappa shape index (κ3) is 2.66. The van der Waals surface area contributed by atoms with E-state index in [4.69, 9.17) is 6.42 Å². The van der Waals surface area contributed by atoms with Crippen LogP contribution in [0.4, 0.5) is 0 Å². The monoisotopic (exact) mass is 227 g/mol. The molecule has 3 heteroatoms. The van der Waals surface area contributed by atoms with Gasteiger partial charge < -0.3 is 9.88 Å². The highest BCUT2D eigenvalue weighted by Crippen LogP contribution is 2.13. The van der Waals surface area contributed by atoms with Crippen LogP contribution in [0, 0.1) is 12.3 Å². The number of nitrogens with one attached hydrogen (secondary N) is 1. The van der Waals surface area contributed by atoms with Crippen LogP contribution in [-0.2, 0) is 6.54 Å². The number of aromatic nitrogens is 2. The fraction of sp³-hybridized carbons (Fsp3) is 0.357. The summed E-state index contributed by atoms with van der Waals surface area (Å²) in [5, 5.41) is 3.30. The molecule has 2 aromatic rings. The maximum Gasteiger partial charge on any atom is 0.0958 e. The molecule has 1 atom stereocenters. The summed E-state index contributed by atoms with van der Waals surface area (Å²) < 4.78 is 2.17. The Balaban J connectivity index is 2.14. The highest BCUT2D eigenvalue weighted by atomic mass is 15.1. The first-order valence-corrected chi connectivity index (χ1v) is 5.85. The van der Waals surface area contributed by atoms with Crippen molar-refractivity contribution in [1.29, 1.82) is 0 Å². The van der Waals surface area contributed by atoms with Crippen molar-refractivity contribution in [2.45, 2.75) is 25.4 Å². The molecule has 0 fully saturated rings. The summed E-state index contributed by atoms with van der Waals surface area (Å²) in [6.45, 7) is 0.901. The number of likely N-dealkylation sites (N-methyl/N-ethyl adjacent to an activating group) is 1. The van der Waals surface area contributed by atoms with Gasteiger partial charge in [0.1, 0.15) is 0 Å². The molecule has 0 aliphatic carbocycles. The van der Waals surface area contributed by atoms with Crippen LogP contribution in [0.2, 0.25) is 0 Å². The van der Waals surface area contributed by atoms with Crippen LogP contribution in [0.15, 0.2) is 30.6 Å². The Morgan fingerprint density at radius 2 is 2.29 bits per heavy atom. The zero-order valence-electron chi connectivity index (χ0n) is 10.1. The topological polar surface area (TPSA) is 29.9 Å². The standard InChI is InChI=1S/C14H17N3/c1-3-4-7-12(15-2)10-17-11-16-13-8-5-6-9-14(13)17/h1,5-6,8-9,11-12,15H,4,7,10H2,2H3. The largest absolute Gasteiger partial charge is 0.329 e. The van der Waals surface area contributed by atoms with E-state index in [1.165, 1.54) is 5.52 Å². The molecule has 0 spiro atoms. The van der Waals surface area contributed by atoms with Gasteiger partial charge in [-0.25, -0.2) is 4.98 Å². The summed E-state index contributed by atoms with van der Waals surface area (Å²) in [5.74, 6) is 2.68. The second-order valence-corrected chi connectivity index (χ2v) is 4.11. The van der Waals surface area contributed by atoms with E-state index in [0.717, 1.165) is 24.9 Å². The number of hydrogen-bond acceptors (Lipinski definition) is 2. The third-order valence-corrected chi connectivity index (χ3v) is 2.99. The van der Waals surface area contributed by atoms with Gasteiger partial charge in [0.05, 0.1) is 17.4 Å².